The summed E-state index contributed by atoms with van der Waals surface area (Å²) in [6, 6.07) is 5.01. The maximum Gasteiger partial charge on any atom is 0.472 e. The molecule has 3 aliphatic heterocycles. The number of aliphatic hydroxyl groups excluding tert-OH is 2. The molecule has 3 aromatic heterocycles. The zero-order valence-electron chi connectivity index (χ0n) is 24.0. The van der Waals surface area contributed by atoms with E-state index in [0.717, 1.165) is 21.8 Å². The molecular weight excluding hydrogens is 672 g/mol. The number of ether oxygens (including phenoxy) is 2. The van der Waals surface area contributed by atoms with Crippen molar-refractivity contribution in [1.82, 2.24) is 29.1 Å². The first kappa shape index (κ1) is 32.1. The van der Waals surface area contributed by atoms with Crippen LogP contribution in [0.5, 0.6) is 0 Å². The molecular formula is C24H27N7O14P2. The highest BCUT2D eigenvalue weighted by Crippen LogP contribution is 2.53. The number of imidazole rings is 1. The van der Waals surface area contributed by atoms with E-state index in [-0.39, 0.29) is 22.5 Å². The van der Waals surface area contributed by atoms with Crippen LogP contribution in [0.2, 0.25) is 0 Å². The number of H-pyrrole nitrogens is 1. The first-order valence-corrected chi connectivity index (χ1v) is 16.9. The van der Waals surface area contributed by atoms with E-state index in [4.69, 9.17) is 33.3 Å². The zero-order valence-corrected chi connectivity index (χ0v) is 25.8. The van der Waals surface area contributed by atoms with Gasteiger partial charge in [-0.3, -0.25) is 41.8 Å². The van der Waals surface area contributed by atoms with Crippen LogP contribution in [0.4, 0.5) is 5.95 Å². The van der Waals surface area contributed by atoms with Crippen molar-refractivity contribution in [2.45, 2.75) is 56.0 Å². The summed E-state index contributed by atoms with van der Waals surface area (Å²) < 4.78 is 60.8. The maximum absolute atomic E-state index is 13.4. The van der Waals surface area contributed by atoms with Gasteiger partial charge in [-0.15, -0.1) is 0 Å². The summed E-state index contributed by atoms with van der Waals surface area (Å²) in [5.41, 5.74) is 4.98. The second kappa shape index (κ2) is 11.6. The van der Waals surface area contributed by atoms with Gasteiger partial charge in [-0.2, -0.15) is 4.98 Å². The molecule has 2 unspecified atom stereocenters. The number of fused-ring (bicyclic) bond motifs is 5. The Balaban J connectivity index is 1.21. The van der Waals surface area contributed by atoms with Gasteiger partial charge in [-0.25, -0.2) is 19.1 Å². The van der Waals surface area contributed by atoms with Crippen LogP contribution in [0.3, 0.4) is 0 Å². The molecule has 10 atom stereocenters. The number of nitrogen functional groups attached to an aromatic ring is 1. The molecule has 3 saturated heterocycles. The van der Waals surface area contributed by atoms with Gasteiger partial charge in [0.25, 0.3) is 11.1 Å². The van der Waals surface area contributed by atoms with E-state index in [1.807, 2.05) is 0 Å². The lowest BCUT2D eigenvalue weighted by atomic mass is 10.1. The highest BCUT2D eigenvalue weighted by molar-refractivity contribution is 7.47. The molecule has 2 bridgehead atoms. The molecule has 6 heterocycles. The number of rotatable bonds is 2. The van der Waals surface area contributed by atoms with Crippen LogP contribution in [-0.2, 0) is 36.7 Å². The number of aromatic nitrogens is 6. The molecule has 7 N–H and O–H groups in total. The maximum atomic E-state index is 13.4. The third-order valence-corrected chi connectivity index (χ3v) is 9.93. The SMILES string of the molecule is Cc1cccc2ncn([C@@H]3O[C@@H]4COP(=O)(O)O[C@@H]5[C@H](O)[C@@H](COP(=O)(O)O[C@H]4[C@H]3O)O[C@H]5n3cnc4c(=O)[nH]c(N)nc43)c(=O)c12. The van der Waals surface area contributed by atoms with Crippen LogP contribution < -0.4 is 16.9 Å². The third kappa shape index (κ3) is 5.73. The molecule has 7 rings (SSSR count). The van der Waals surface area contributed by atoms with Gasteiger partial charge in [0.15, 0.2) is 23.6 Å². The molecule has 0 radical (unpaired) electrons. The van der Waals surface area contributed by atoms with Crippen LogP contribution >= 0.6 is 15.6 Å². The molecule has 3 aliphatic rings. The molecule has 0 saturated carbocycles. The number of phosphoric acid groups is 2. The van der Waals surface area contributed by atoms with Gasteiger partial charge in [0.05, 0.1) is 30.4 Å². The van der Waals surface area contributed by atoms with Gasteiger partial charge in [-0.1, -0.05) is 12.1 Å². The van der Waals surface area contributed by atoms with Crippen molar-refractivity contribution in [2.24, 2.45) is 0 Å². The Morgan fingerprint density at radius 2 is 1.57 bits per heavy atom. The second-order valence-corrected chi connectivity index (χ2v) is 13.8. The molecule has 1 aromatic carbocycles. The quantitative estimate of drug-likeness (QED) is 0.136. The molecule has 47 heavy (non-hydrogen) atoms. The molecule has 0 amide bonds. The normalized spacial score (nSPS) is 36.5. The van der Waals surface area contributed by atoms with Crippen molar-refractivity contribution < 1.29 is 56.7 Å². The fourth-order valence-corrected chi connectivity index (χ4v) is 7.66. The van der Waals surface area contributed by atoms with E-state index in [1.54, 1.807) is 25.1 Å². The number of aryl methyl sites for hydroxylation is 1. The van der Waals surface area contributed by atoms with Crippen molar-refractivity contribution in [3.8, 4) is 0 Å². The lowest BCUT2D eigenvalue weighted by molar-refractivity contribution is -0.0681. The fraction of sp³-hybridized carbons (Fsp3) is 0.458. The Morgan fingerprint density at radius 1 is 0.915 bits per heavy atom. The van der Waals surface area contributed by atoms with E-state index < -0.39 is 89.1 Å². The van der Waals surface area contributed by atoms with Crippen LogP contribution in [0.15, 0.2) is 40.4 Å². The molecule has 0 aliphatic carbocycles. The standard InChI is InChI=1S/C24H27N7O14P2/c1-9-3-2-4-10-13(9)21(35)31(7-26-10)22-16(33)17-12(43-22)6-41-47(38,39)45-18-15(32)11(5-40-46(36,37)44-17)42-23(18)30-8-27-14-19(30)28-24(25)29-20(14)34/h2-4,7-8,11-12,15-18,22-23,32-33H,5-6H2,1H3,(H,36,37)(H,38,39)(H3,25,28,29,34)/t11-,12-,15-,16-,17-,18-,22-,23-/m1/s1. The van der Waals surface area contributed by atoms with E-state index in [0.29, 0.717) is 11.1 Å². The Hall–Kier alpha value is -3.43. The average molecular weight is 699 g/mol. The highest BCUT2D eigenvalue weighted by Gasteiger charge is 2.54. The predicted octanol–water partition coefficient (Wildman–Crippen LogP) is -1.05. The third-order valence-electron chi connectivity index (χ3n) is 7.96. The molecule has 23 heteroatoms. The number of hydrogen-bond donors (Lipinski definition) is 6. The number of aliphatic hydroxyl groups is 2. The number of nitrogens with two attached hydrogens (primary N) is 1. The molecule has 252 valence electrons. The predicted molar refractivity (Wildman–Crippen MR) is 154 cm³/mol. The minimum Gasteiger partial charge on any atom is -0.387 e. The number of aromatic amines is 1. The molecule has 4 aromatic rings. The number of anilines is 1. The van der Waals surface area contributed by atoms with Crippen LogP contribution in [0, 0.1) is 6.92 Å². The van der Waals surface area contributed by atoms with Gasteiger partial charge < -0.3 is 35.2 Å². The van der Waals surface area contributed by atoms with Gasteiger partial charge >= 0.3 is 15.6 Å². The summed E-state index contributed by atoms with van der Waals surface area (Å²) in [6.45, 7) is -0.0402. The van der Waals surface area contributed by atoms with Crippen molar-refractivity contribution in [2.75, 3.05) is 18.9 Å². The zero-order chi connectivity index (χ0) is 33.4. The summed E-state index contributed by atoms with van der Waals surface area (Å²) >= 11 is 0. The lowest BCUT2D eigenvalue weighted by Gasteiger charge is -2.25. The number of hydrogen-bond acceptors (Lipinski definition) is 16. The Morgan fingerprint density at radius 3 is 2.32 bits per heavy atom. The first-order chi connectivity index (χ1) is 22.2. The minimum absolute atomic E-state index is 0.138. The average Bonchev–Trinajstić information content (AvgIpc) is 3.65. The van der Waals surface area contributed by atoms with Crippen molar-refractivity contribution in [3.05, 3.63) is 57.1 Å². The van der Waals surface area contributed by atoms with E-state index in [1.165, 1.54) is 0 Å². The van der Waals surface area contributed by atoms with Gasteiger partial charge in [0.1, 0.15) is 43.0 Å². The van der Waals surface area contributed by atoms with Gasteiger partial charge in [0, 0.05) is 0 Å². The highest BCUT2D eigenvalue weighted by atomic mass is 31.2. The summed E-state index contributed by atoms with van der Waals surface area (Å²) in [5, 5.41) is 22.4. The summed E-state index contributed by atoms with van der Waals surface area (Å²) in [6.07, 6.45) is -11.0. The molecule has 21 nitrogen and oxygen atoms in total. The minimum atomic E-state index is -5.15. The molecule has 3 fully saturated rings. The Labute approximate surface area is 261 Å². The van der Waals surface area contributed by atoms with Crippen molar-refractivity contribution in [1.29, 1.82) is 0 Å². The first-order valence-electron chi connectivity index (χ1n) is 13.9. The summed E-state index contributed by atoms with van der Waals surface area (Å²) in [4.78, 5) is 61.5. The van der Waals surface area contributed by atoms with Crippen molar-refractivity contribution >= 4 is 43.7 Å². The smallest absolute Gasteiger partial charge is 0.387 e. The second-order valence-electron chi connectivity index (χ2n) is 11.0. The molecule has 0 spiro atoms. The number of nitrogens with one attached hydrogen (secondary N) is 1. The fourth-order valence-electron chi connectivity index (χ4n) is 5.77. The topological polar surface area (TPSA) is 295 Å². The van der Waals surface area contributed by atoms with Crippen LogP contribution in [0.1, 0.15) is 18.0 Å². The summed E-state index contributed by atoms with van der Waals surface area (Å²) in [5.74, 6) is -0.291. The van der Waals surface area contributed by atoms with Gasteiger partial charge in [-0.05, 0) is 18.6 Å². The Kier molecular flexibility index (Phi) is 7.94. The van der Waals surface area contributed by atoms with E-state index >= 15 is 0 Å². The van der Waals surface area contributed by atoms with Crippen LogP contribution in [-0.4, -0.2) is 98.9 Å². The van der Waals surface area contributed by atoms with E-state index in [9.17, 15) is 38.7 Å². The number of nitrogens with zero attached hydrogens (tertiary/aromatic N) is 5. The van der Waals surface area contributed by atoms with Crippen LogP contribution in [0.25, 0.3) is 22.1 Å². The monoisotopic (exact) mass is 699 g/mol. The van der Waals surface area contributed by atoms with Gasteiger partial charge in [0.2, 0.25) is 5.95 Å². The number of phosphoric ester groups is 2. The van der Waals surface area contributed by atoms with E-state index in [2.05, 4.69) is 19.9 Å². The lowest BCUT2D eigenvalue weighted by Crippen LogP contribution is -2.37. The summed E-state index contributed by atoms with van der Waals surface area (Å²) in [7, 11) is -10.3. The number of benzene rings is 1. The Bertz CT molecular complexity index is 2090. The largest absolute Gasteiger partial charge is 0.472 e. The van der Waals surface area contributed by atoms with Crippen molar-refractivity contribution in [3.63, 3.8) is 0 Å².